The van der Waals surface area contributed by atoms with Crippen molar-refractivity contribution in [3.8, 4) is 0 Å². The lowest BCUT2D eigenvalue weighted by Gasteiger charge is -1.92. The van der Waals surface area contributed by atoms with Gasteiger partial charge >= 0.3 is 0 Å². The number of aromatic nitrogens is 2. The molecule has 0 aliphatic heterocycles. The van der Waals surface area contributed by atoms with E-state index in [2.05, 4.69) is 26.1 Å². The number of aromatic amines is 1. The number of hydrogen-bond acceptors (Lipinski definition) is 3. The van der Waals surface area contributed by atoms with Gasteiger partial charge in [0.15, 0.2) is 5.03 Å². The summed E-state index contributed by atoms with van der Waals surface area (Å²) in [7, 11) is 1.45. The van der Waals surface area contributed by atoms with Crippen molar-refractivity contribution in [2.75, 3.05) is 0 Å². The van der Waals surface area contributed by atoms with E-state index in [1.165, 1.54) is 0 Å². The molecule has 2 rings (SSSR count). The summed E-state index contributed by atoms with van der Waals surface area (Å²) in [6.07, 6.45) is 0. The number of halogens is 2. The Labute approximate surface area is 92.8 Å². The molecule has 0 saturated carbocycles. The largest absolute Gasteiger partial charge is 0.278 e. The molecule has 0 radical (unpaired) electrons. The number of hydrogen-bond donors (Lipinski definition) is 1. The summed E-state index contributed by atoms with van der Waals surface area (Å²) >= 11 is 3.26. The Morgan fingerprint density at radius 1 is 1.43 bits per heavy atom. The van der Waals surface area contributed by atoms with Crippen LogP contribution in [0.15, 0.2) is 27.7 Å². The van der Waals surface area contributed by atoms with E-state index in [9.17, 15) is 8.42 Å². The third-order valence-electron chi connectivity index (χ3n) is 1.73. The monoisotopic (exact) mass is 294 g/mol. The van der Waals surface area contributed by atoms with E-state index in [-0.39, 0.29) is 5.03 Å². The summed E-state index contributed by atoms with van der Waals surface area (Å²) in [4.78, 5) is 0. The van der Waals surface area contributed by atoms with Crippen LogP contribution in [0.5, 0.6) is 0 Å². The van der Waals surface area contributed by atoms with Crippen LogP contribution in [0.4, 0.5) is 0 Å². The molecular formula is C7H4BrClN2O2S. The van der Waals surface area contributed by atoms with Crippen LogP contribution >= 0.6 is 26.6 Å². The van der Waals surface area contributed by atoms with Gasteiger partial charge in [-0.15, -0.1) is 0 Å². The molecule has 1 aromatic heterocycles. The number of fused-ring (bicyclic) bond motifs is 1. The summed E-state index contributed by atoms with van der Waals surface area (Å²) in [6.45, 7) is 0. The van der Waals surface area contributed by atoms with Gasteiger partial charge in [-0.2, -0.15) is 5.10 Å². The SMILES string of the molecule is O=S(=O)(Cl)c1[nH]nc2cc(Br)ccc12. The van der Waals surface area contributed by atoms with Crippen molar-refractivity contribution in [2.45, 2.75) is 5.03 Å². The Bertz CT molecular complexity index is 593. The van der Waals surface area contributed by atoms with Crippen LogP contribution in [0, 0.1) is 0 Å². The first-order chi connectivity index (χ1) is 6.48. The number of nitrogens with zero attached hydrogens (tertiary/aromatic N) is 1. The van der Waals surface area contributed by atoms with Crippen LogP contribution < -0.4 is 0 Å². The topological polar surface area (TPSA) is 62.8 Å². The van der Waals surface area contributed by atoms with Gasteiger partial charge in [0.2, 0.25) is 0 Å². The molecule has 0 fully saturated rings. The molecule has 14 heavy (non-hydrogen) atoms. The van der Waals surface area contributed by atoms with E-state index < -0.39 is 9.05 Å². The first kappa shape index (κ1) is 9.95. The molecule has 0 atom stereocenters. The molecule has 0 unspecified atom stereocenters. The lowest BCUT2D eigenvalue weighted by Crippen LogP contribution is -1.90. The molecule has 1 heterocycles. The minimum absolute atomic E-state index is 0.0679. The second kappa shape index (κ2) is 3.22. The van der Waals surface area contributed by atoms with Crippen molar-refractivity contribution in [1.82, 2.24) is 10.2 Å². The minimum atomic E-state index is -3.76. The second-order valence-corrected chi connectivity index (χ2v) is 6.07. The third-order valence-corrected chi connectivity index (χ3v) is 3.48. The predicted octanol–water partition coefficient (Wildman–Crippen LogP) is 2.25. The van der Waals surface area contributed by atoms with E-state index in [1.807, 2.05) is 0 Å². The van der Waals surface area contributed by atoms with Gasteiger partial charge in [-0.25, -0.2) is 8.42 Å². The van der Waals surface area contributed by atoms with Crippen molar-refractivity contribution >= 4 is 46.6 Å². The minimum Gasteiger partial charge on any atom is -0.265 e. The predicted molar refractivity (Wildman–Crippen MR) is 56.8 cm³/mol. The first-order valence-corrected chi connectivity index (χ1v) is 6.67. The van der Waals surface area contributed by atoms with Crippen LogP contribution in [-0.4, -0.2) is 18.6 Å². The maximum absolute atomic E-state index is 11.1. The van der Waals surface area contributed by atoms with Gasteiger partial charge in [0.05, 0.1) is 5.52 Å². The molecule has 0 amide bonds. The van der Waals surface area contributed by atoms with Crippen LogP contribution in [0.2, 0.25) is 0 Å². The van der Waals surface area contributed by atoms with Crippen molar-refractivity contribution < 1.29 is 8.42 Å². The summed E-state index contributed by atoms with van der Waals surface area (Å²) in [5.41, 5.74) is 0.554. The van der Waals surface area contributed by atoms with Gasteiger partial charge in [-0.1, -0.05) is 15.9 Å². The summed E-state index contributed by atoms with van der Waals surface area (Å²) in [5.74, 6) is 0. The molecule has 0 aliphatic rings. The van der Waals surface area contributed by atoms with Crippen molar-refractivity contribution in [2.24, 2.45) is 0 Å². The molecular weight excluding hydrogens is 292 g/mol. The summed E-state index contributed by atoms with van der Waals surface area (Å²) in [5, 5.41) is 6.64. The number of nitrogens with one attached hydrogen (secondary N) is 1. The fraction of sp³-hybridized carbons (Fsp3) is 0. The Morgan fingerprint density at radius 2 is 2.14 bits per heavy atom. The maximum Gasteiger partial charge on any atom is 0.278 e. The van der Waals surface area contributed by atoms with Gasteiger partial charge < -0.3 is 0 Å². The number of benzene rings is 1. The highest BCUT2D eigenvalue weighted by atomic mass is 79.9. The van der Waals surface area contributed by atoms with Crippen molar-refractivity contribution in [3.05, 3.63) is 22.7 Å². The van der Waals surface area contributed by atoms with Crippen molar-refractivity contribution in [1.29, 1.82) is 0 Å². The Balaban J connectivity index is 2.83. The smallest absolute Gasteiger partial charge is 0.265 e. The molecule has 7 heteroatoms. The third kappa shape index (κ3) is 1.65. The molecule has 0 aliphatic carbocycles. The molecule has 0 saturated heterocycles. The molecule has 74 valence electrons. The quantitative estimate of drug-likeness (QED) is 0.821. The maximum atomic E-state index is 11.1. The average molecular weight is 296 g/mol. The summed E-state index contributed by atoms with van der Waals surface area (Å²) in [6, 6.07) is 5.07. The second-order valence-electron chi connectivity index (χ2n) is 2.65. The van der Waals surface area contributed by atoms with Gasteiger partial charge in [-0.05, 0) is 18.2 Å². The standard InChI is InChI=1S/C7H4BrClN2O2S/c8-4-1-2-5-6(3-4)10-11-7(5)14(9,12)13/h1-3H,(H,10,11). The lowest BCUT2D eigenvalue weighted by atomic mass is 10.3. The van der Waals surface area contributed by atoms with Crippen molar-refractivity contribution in [3.63, 3.8) is 0 Å². The zero-order valence-corrected chi connectivity index (χ0v) is 9.82. The molecule has 4 nitrogen and oxygen atoms in total. The average Bonchev–Trinajstić information content (AvgIpc) is 2.45. The fourth-order valence-corrected chi connectivity index (χ4v) is 2.44. The zero-order chi connectivity index (χ0) is 10.3. The highest BCUT2D eigenvalue weighted by molar-refractivity contribution is 9.10. The molecule has 0 spiro atoms. The van der Waals surface area contributed by atoms with Gasteiger partial charge in [0, 0.05) is 20.5 Å². The van der Waals surface area contributed by atoms with Gasteiger partial charge in [0.1, 0.15) is 0 Å². The van der Waals surface area contributed by atoms with Crippen LogP contribution in [0.25, 0.3) is 10.9 Å². The first-order valence-electron chi connectivity index (χ1n) is 3.57. The molecule has 2 aromatic rings. The highest BCUT2D eigenvalue weighted by Crippen LogP contribution is 2.25. The Kier molecular flexibility index (Phi) is 2.29. The van der Waals surface area contributed by atoms with E-state index in [4.69, 9.17) is 10.7 Å². The highest BCUT2D eigenvalue weighted by Gasteiger charge is 2.17. The number of H-pyrrole nitrogens is 1. The molecule has 1 aromatic carbocycles. The van der Waals surface area contributed by atoms with E-state index in [1.54, 1.807) is 18.2 Å². The molecule has 0 bridgehead atoms. The van der Waals surface area contributed by atoms with Gasteiger partial charge in [-0.3, -0.25) is 5.10 Å². The summed E-state index contributed by atoms with van der Waals surface area (Å²) < 4.78 is 23.0. The van der Waals surface area contributed by atoms with E-state index >= 15 is 0 Å². The van der Waals surface area contributed by atoms with Crippen LogP contribution in [0.1, 0.15) is 0 Å². The zero-order valence-electron chi connectivity index (χ0n) is 6.66. The van der Waals surface area contributed by atoms with E-state index in [0.29, 0.717) is 10.9 Å². The number of rotatable bonds is 1. The normalized spacial score (nSPS) is 12.1. The lowest BCUT2D eigenvalue weighted by molar-refractivity contribution is 0.606. The van der Waals surface area contributed by atoms with Gasteiger partial charge in [0.25, 0.3) is 9.05 Å². The van der Waals surface area contributed by atoms with Crippen LogP contribution in [-0.2, 0) is 9.05 Å². The fourth-order valence-electron chi connectivity index (χ4n) is 1.15. The van der Waals surface area contributed by atoms with Crippen LogP contribution in [0.3, 0.4) is 0 Å². The Morgan fingerprint density at radius 3 is 2.79 bits per heavy atom. The molecule has 1 N–H and O–H groups in total. The Hall–Kier alpha value is -0.590. The van der Waals surface area contributed by atoms with E-state index in [0.717, 1.165) is 4.47 Å².